The maximum absolute atomic E-state index is 13.1. The quantitative estimate of drug-likeness (QED) is 0.576. The first-order valence-electron chi connectivity index (χ1n) is 9.45. The highest BCUT2D eigenvalue weighted by molar-refractivity contribution is 7.99. The fourth-order valence-electron chi connectivity index (χ4n) is 3.04. The normalized spacial score (nSPS) is 11.8. The number of carbonyl (C=O) groups is 2. The molecule has 0 aliphatic heterocycles. The Morgan fingerprint density at radius 2 is 1.76 bits per heavy atom. The molecular formula is C22H26Cl2N2O2S. The Balaban J connectivity index is 2.18. The van der Waals surface area contributed by atoms with Crippen LogP contribution in [0, 0.1) is 6.92 Å². The van der Waals surface area contributed by atoms with Crippen molar-refractivity contribution >= 4 is 46.8 Å². The standard InChI is InChI=1S/C22H26Cl2N2O2S/c1-4-20(22(28)25-3)26(12-17-18(23)10-7-11-19(17)24)21(27)14-29-13-16-9-6-5-8-15(16)2/h5-11,20H,4,12-14H2,1-3H3,(H,25,28)/t20-/m0/s1. The Bertz CT molecular complexity index is 840. The minimum atomic E-state index is -0.584. The number of hydrogen-bond donors (Lipinski definition) is 1. The molecule has 0 heterocycles. The first-order valence-corrected chi connectivity index (χ1v) is 11.4. The highest BCUT2D eigenvalue weighted by Crippen LogP contribution is 2.27. The lowest BCUT2D eigenvalue weighted by Crippen LogP contribution is -2.48. The van der Waals surface area contributed by atoms with Crippen LogP contribution in [0.4, 0.5) is 0 Å². The third-order valence-corrected chi connectivity index (χ3v) is 6.44. The van der Waals surface area contributed by atoms with Crippen molar-refractivity contribution in [2.24, 2.45) is 0 Å². The van der Waals surface area contributed by atoms with Crippen LogP contribution in [0.5, 0.6) is 0 Å². The van der Waals surface area contributed by atoms with Crippen molar-refractivity contribution < 1.29 is 9.59 Å². The largest absolute Gasteiger partial charge is 0.357 e. The summed E-state index contributed by atoms with van der Waals surface area (Å²) >= 11 is 14.2. The molecule has 0 aromatic heterocycles. The van der Waals surface area contributed by atoms with Gasteiger partial charge >= 0.3 is 0 Å². The third-order valence-electron chi connectivity index (χ3n) is 4.77. The number of aryl methyl sites for hydroxylation is 1. The van der Waals surface area contributed by atoms with Gasteiger partial charge in [-0.3, -0.25) is 9.59 Å². The van der Waals surface area contributed by atoms with E-state index in [1.165, 1.54) is 22.9 Å². The molecule has 1 N–H and O–H groups in total. The fourth-order valence-corrected chi connectivity index (χ4v) is 4.55. The van der Waals surface area contributed by atoms with Gasteiger partial charge in [0.25, 0.3) is 0 Å². The van der Waals surface area contributed by atoms with Crippen molar-refractivity contribution in [1.29, 1.82) is 0 Å². The molecule has 29 heavy (non-hydrogen) atoms. The lowest BCUT2D eigenvalue weighted by molar-refractivity contribution is -0.139. The van der Waals surface area contributed by atoms with Crippen molar-refractivity contribution in [3.05, 3.63) is 69.2 Å². The van der Waals surface area contributed by atoms with Crippen LogP contribution in [0.3, 0.4) is 0 Å². The van der Waals surface area contributed by atoms with E-state index in [0.29, 0.717) is 22.0 Å². The van der Waals surface area contributed by atoms with Gasteiger partial charge < -0.3 is 10.2 Å². The van der Waals surface area contributed by atoms with Gasteiger partial charge in [0, 0.05) is 35.0 Å². The SMILES string of the molecule is CC[C@@H](C(=O)NC)N(Cc1c(Cl)cccc1Cl)C(=O)CSCc1ccccc1C. The third kappa shape index (κ3) is 6.39. The molecular weight excluding hydrogens is 427 g/mol. The van der Waals surface area contributed by atoms with E-state index in [0.717, 1.165) is 5.75 Å². The summed E-state index contributed by atoms with van der Waals surface area (Å²) in [7, 11) is 1.57. The topological polar surface area (TPSA) is 49.4 Å². The number of amides is 2. The average Bonchev–Trinajstić information content (AvgIpc) is 2.71. The minimum Gasteiger partial charge on any atom is -0.357 e. The smallest absolute Gasteiger partial charge is 0.242 e. The Morgan fingerprint density at radius 3 is 2.34 bits per heavy atom. The van der Waals surface area contributed by atoms with E-state index >= 15 is 0 Å². The van der Waals surface area contributed by atoms with Gasteiger partial charge in [0.05, 0.1) is 5.75 Å². The van der Waals surface area contributed by atoms with Gasteiger partial charge in [-0.2, -0.15) is 0 Å². The van der Waals surface area contributed by atoms with Gasteiger partial charge in [0.15, 0.2) is 0 Å². The molecule has 0 bridgehead atoms. The van der Waals surface area contributed by atoms with E-state index in [1.807, 2.05) is 19.1 Å². The summed E-state index contributed by atoms with van der Waals surface area (Å²) in [5.74, 6) is 0.683. The number of carbonyl (C=O) groups excluding carboxylic acids is 2. The summed E-state index contributed by atoms with van der Waals surface area (Å²) in [5.41, 5.74) is 3.05. The summed E-state index contributed by atoms with van der Waals surface area (Å²) in [6.45, 7) is 4.13. The molecule has 7 heteroatoms. The number of nitrogens with one attached hydrogen (secondary N) is 1. The summed E-state index contributed by atoms with van der Waals surface area (Å²) in [4.78, 5) is 27.1. The zero-order valence-electron chi connectivity index (χ0n) is 16.9. The lowest BCUT2D eigenvalue weighted by Gasteiger charge is -2.30. The van der Waals surface area contributed by atoms with Gasteiger partial charge in [-0.25, -0.2) is 0 Å². The van der Waals surface area contributed by atoms with Crippen molar-refractivity contribution in [3.8, 4) is 0 Å². The highest BCUT2D eigenvalue weighted by atomic mass is 35.5. The van der Waals surface area contributed by atoms with E-state index in [2.05, 4.69) is 24.4 Å². The molecule has 0 fully saturated rings. The maximum atomic E-state index is 13.1. The number of hydrogen-bond acceptors (Lipinski definition) is 3. The predicted molar refractivity (Wildman–Crippen MR) is 122 cm³/mol. The van der Waals surface area contributed by atoms with Gasteiger partial charge in [-0.15, -0.1) is 11.8 Å². The van der Waals surface area contributed by atoms with Crippen LogP contribution in [0.1, 0.15) is 30.0 Å². The molecule has 4 nitrogen and oxygen atoms in total. The second kappa shape index (κ2) is 11.5. The molecule has 0 saturated carbocycles. The van der Waals surface area contributed by atoms with Gasteiger partial charge in [-0.05, 0) is 36.6 Å². The number of rotatable bonds is 9. The molecule has 0 aliphatic rings. The first-order chi connectivity index (χ1) is 13.9. The Kier molecular flexibility index (Phi) is 9.34. The van der Waals surface area contributed by atoms with Crippen molar-refractivity contribution in [2.75, 3.05) is 12.8 Å². The molecule has 2 aromatic rings. The number of nitrogens with zero attached hydrogens (tertiary/aromatic N) is 1. The Labute approximate surface area is 187 Å². The number of halogens is 2. The number of benzene rings is 2. The molecule has 156 valence electrons. The second-order valence-corrected chi connectivity index (χ2v) is 8.48. The predicted octanol–water partition coefficient (Wildman–Crippen LogP) is 5.09. The van der Waals surface area contributed by atoms with Crippen LogP contribution < -0.4 is 5.32 Å². The minimum absolute atomic E-state index is 0.116. The van der Waals surface area contributed by atoms with Crippen molar-refractivity contribution in [1.82, 2.24) is 10.2 Å². The molecule has 0 spiro atoms. The molecule has 0 unspecified atom stereocenters. The molecule has 2 aromatic carbocycles. The van der Waals surface area contributed by atoms with Gasteiger partial charge in [0.2, 0.25) is 11.8 Å². The monoisotopic (exact) mass is 452 g/mol. The maximum Gasteiger partial charge on any atom is 0.242 e. The van der Waals surface area contributed by atoms with E-state index in [-0.39, 0.29) is 24.1 Å². The summed E-state index contributed by atoms with van der Waals surface area (Å²) in [6, 6.07) is 12.8. The molecule has 1 atom stereocenters. The Morgan fingerprint density at radius 1 is 1.10 bits per heavy atom. The second-order valence-electron chi connectivity index (χ2n) is 6.68. The fraction of sp³-hybridized carbons (Fsp3) is 0.364. The van der Waals surface area contributed by atoms with E-state index in [9.17, 15) is 9.59 Å². The van der Waals surface area contributed by atoms with Crippen molar-refractivity contribution in [2.45, 2.75) is 38.6 Å². The number of thioether (sulfide) groups is 1. The van der Waals surface area contributed by atoms with Gasteiger partial charge in [-0.1, -0.05) is 60.5 Å². The lowest BCUT2D eigenvalue weighted by atomic mass is 10.1. The van der Waals surface area contributed by atoms with Crippen LogP contribution >= 0.6 is 35.0 Å². The zero-order chi connectivity index (χ0) is 21.4. The molecule has 0 saturated heterocycles. The van der Waals surface area contributed by atoms with E-state index in [4.69, 9.17) is 23.2 Å². The van der Waals surface area contributed by atoms with Gasteiger partial charge in [0.1, 0.15) is 6.04 Å². The van der Waals surface area contributed by atoms with Crippen LogP contribution in [-0.4, -0.2) is 35.6 Å². The molecule has 0 radical (unpaired) electrons. The van der Waals surface area contributed by atoms with E-state index in [1.54, 1.807) is 30.1 Å². The van der Waals surface area contributed by atoms with Crippen molar-refractivity contribution in [3.63, 3.8) is 0 Å². The molecule has 0 aliphatic carbocycles. The zero-order valence-corrected chi connectivity index (χ0v) is 19.2. The van der Waals surface area contributed by atoms with Crippen LogP contribution in [0.2, 0.25) is 10.0 Å². The van der Waals surface area contributed by atoms with Crippen LogP contribution in [-0.2, 0) is 21.9 Å². The highest BCUT2D eigenvalue weighted by Gasteiger charge is 2.29. The Hall–Kier alpha value is -1.69. The average molecular weight is 453 g/mol. The first kappa shape index (κ1) is 23.6. The summed E-state index contributed by atoms with van der Waals surface area (Å²) < 4.78 is 0. The number of likely N-dealkylation sites (N-methyl/N-ethyl adjacent to an activating group) is 1. The van der Waals surface area contributed by atoms with Crippen LogP contribution in [0.25, 0.3) is 0 Å². The van der Waals surface area contributed by atoms with E-state index < -0.39 is 6.04 Å². The summed E-state index contributed by atoms with van der Waals surface area (Å²) in [6.07, 6.45) is 0.496. The molecule has 2 rings (SSSR count). The molecule has 2 amide bonds. The van der Waals surface area contributed by atoms with Crippen LogP contribution in [0.15, 0.2) is 42.5 Å². The summed E-state index contributed by atoms with van der Waals surface area (Å²) in [5, 5.41) is 3.61.